The highest BCUT2D eigenvalue weighted by molar-refractivity contribution is 7.80. The van der Waals surface area contributed by atoms with E-state index in [2.05, 4.69) is 231 Å². The van der Waals surface area contributed by atoms with Gasteiger partial charge in [0.2, 0.25) is 0 Å². The first-order valence-electron chi connectivity index (χ1n) is 25.3. The summed E-state index contributed by atoms with van der Waals surface area (Å²) in [5, 5.41) is 3.52. The van der Waals surface area contributed by atoms with Gasteiger partial charge in [-0.2, -0.15) is 0 Å². The van der Waals surface area contributed by atoms with Gasteiger partial charge in [0.05, 0.1) is 13.2 Å². The van der Waals surface area contributed by atoms with Crippen LogP contribution in [0.2, 0.25) is 0 Å². The van der Waals surface area contributed by atoms with Crippen molar-refractivity contribution in [1.82, 2.24) is 0 Å². The van der Waals surface area contributed by atoms with Gasteiger partial charge in [-0.3, -0.25) is 0 Å². The van der Waals surface area contributed by atoms with Gasteiger partial charge in [-0.15, -0.1) is 0 Å². The molecule has 4 nitrogen and oxygen atoms in total. The topological polar surface area (TPSA) is 36.9 Å². The number of rotatable bonds is 15. The van der Waals surface area contributed by atoms with Crippen LogP contribution in [0.4, 0.5) is 0 Å². The fourth-order valence-electron chi connectivity index (χ4n) is 10.4. The molecular formula is C64H71O4P. The predicted molar refractivity (Wildman–Crippen MR) is 288 cm³/mol. The molecule has 5 heteroatoms. The first-order valence-corrected chi connectivity index (χ1v) is 26.6. The first-order chi connectivity index (χ1) is 33.3. The number of hydrogen-bond acceptors (Lipinski definition) is 4. The van der Waals surface area contributed by atoms with E-state index < -0.39 is 18.8 Å². The molecule has 69 heavy (non-hydrogen) atoms. The van der Waals surface area contributed by atoms with Crippen molar-refractivity contribution in [1.29, 1.82) is 0 Å². The van der Waals surface area contributed by atoms with Crippen molar-refractivity contribution in [2.24, 2.45) is 0 Å². The minimum Gasteiger partial charge on any atom is -0.464 e. The molecule has 2 aliphatic heterocycles. The van der Waals surface area contributed by atoms with E-state index in [4.69, 9.17) is 18.9 Å². The summed E-state index contributed by atoms with van der Waals surface area (Å²) in [7, 11) is -1.43. The van der Waals surface area contributed by atoms with Gasteiger partial charge in [0.1, 0.15) is 11.5 Å². The summed E-state index contributed by atoms with van der Waals surface area (Å²) in [6, 6.07) is 64.9. The molecule has 0 aromatic heterocycles. The van der Waals surface area contributed by atoms with E-state index >= 15 is 0 Å². The standard InChI is InChI=1S/C64H71O4P/c1-61(2,46-28-14-9-15-29-46)50-42-53(63(5,6)48-32-18-11-19-33-48)59(67-57-38-24-26-40-65-57)55(44-50)69(52-36-22-13-23-37-52)56-45-51(62(3,4)47-30-16-10-17-31-47)43-54(60(56)68-58-39-25-27-41-66-58)64(7,8)49-34-20-12-21-35-49/h9-23,28-37,42-45,57-58H,24-27,38-41H2,1-8H3. The van der Waals surface area contributed by atoms with Crippen LogP contribution >= 0.6 is 7.92 Å². The minimum absolute atomic E-state index is 0.373. The molecule has 0 N–H and O–H groups in total. The number of benzene rings is 7. The van der Waals surface area contributed by atoms with Crippen LogP contribution in [0.3, 0.4) is 0 Å². The average Bonchev–Trinajstić information content (AvgIpc) is 3.39. The fourth-order valence-corrected chi connectivity index (χ4v) is 13.0. The summed E-state index contributed by atoms with van der Waals surface area (Å²) in [6.07, 6.45) is 5.06. The molecular weight excluding hydrogens is 864 g/mol. The molecule has 2 aliphatic rings. The lowest BCUT2D eigenvalue weighted by atomic mass is 9.73. The highest BCUT2D eigenvalue weighted by atomic mass is 31.1. The highest BCUT2D eigenvalue weighted by Gasteiger charge is 2.40. The van der Waals surface area contributed by atoms with Crippen molar-refractivity contribution in [3.8, 4) is 11.5 Å². The van der Waals surface area contributed by atoms with Crippen LogP contribution in [0.25, 0.3) is 0 Å². The van der Waals surface area contributed by atoms with Gasteiger partial charge in [-0.1, -0.05) is 219 Å². The molecule has 2 unspecified atom stereocenters. The Bertz CT molecular complexity index is 2600. The molecule has 0 aliphatic carbocycles. The normalized spacial score (nSPS) is 17.5. The maximum Gasteiger partial charge on any atom is 0.199 e. The fraction of sp³-hybridized carbons (Fsp3) is 0.344. The van der Waals surface area contributed by atoms with E-state index in [0.29, 0.717) is 13.2 Å². The largest absolute Gasteiger partial charge is 0.464 e. The molecule has 7 aromatic carbocycles. The van der Waals surface area contributed by atoms with Gasteiger partial charge < -0.3 is 18.9 Å². The quantitative estimate of drug-likeness (QED) is 0.0960. The van der Waals surface area contributed by atoms with Gasteiger partial charge >= 0.3 is 0 Å². The van der Waals surface area contributed by atoms with Gasteiger partial charge in [-0.25, -0.2) is 0 Å². The van der Waals surface area contributed by atoms with Gasteiger partial charge in [0, 0.05) is 56.2 Å². The molecule has 2 fully saturated rings. The Morgan fingerprint density at radius 1 is 0.377 bits per heavy atom. The molecule has 0 radical (unpaired) electrons. The van der Waals surface area contributed by atoms with Crippen LogP contribution in [0, 0.1) is 0 Å². The second-order valence-corrected chi connectivity index (χ2v) is 23.4. The van der Waals surface area contributed by atoms with E-state index in [-0.39, 0.29) is 23.4 Å². The Kier molecular flexibility index (Phi) is 14.4. The molecule has 356 valence electrons. The van der Waals surface area contributed by atoms with Crippen LogP contribution in [0.5, 0.6) is 11.5 Å². The number of ether oxygens (including phenoxy) is 4. The van der Waals surface area contributed by atoms with Crippen molar-refractivity contribution in [3.05, 3.63) is 220 Å². The van der Waals surface area contributed by atoms with E-state index in [1.807, 2.05) is 0 Å². The third-order valence-corrected chi connectivity index (χ3v) is 17.6. The van der Waals surface area contributed by atoms with Crippen molar-refractivity contribution in [2.75, 3.05) is 13.2 Å². The van der Waals surface area contributed by atoms with E-state index in [0.717, 1.165) is 71.8 Å². The monoisotopic (exact) mass is 935 g/mol. The number of hydrogen-bond donors (Lipinski definition) is 0. The Hall–Kier alpha value is -5.51. The molecule has 0 bridgehead atoms. The summed E-state index contributed by atoms with van der Waals surface area (Å²) in [5.41, 5.74) is 8.03. The van der Waals surface area contributed by atoms with Gasteiger partial charge in [0.15, 0.2) is 12.6 Å². The van der Waals surface area contributed by atoms with E-state index in [9.17, 15) is 0 Å². The summed E-state index contributed by atoms with van der Waals surface area (Å²) in [4.78, 5) is 0. The van der Waals surface area contributed by atoms with E-state index in [1.54, 1.807) is 0 Å². The predicted octanol–water partition coefficient (Wildman–Crippen LogP) is 14.6. The molecule has 0 saturated carbocycles. The zero-order valence-electron chi connectivity index (χ0n) is 42.1. The van der Waals surface area contributed by atoms with Gasteiger partial charge in [0.25, 0.3) is 0 Å². The van der Waals surface area contributed by atoms with Crippen LogP contribution in [0.15, 0.2) is 176 Å². The molecule has 0 amide bonds. The van der Waals surface area contributed by atoms with Crippen LogP contribution in [0.1, 0.15) is 138 Å². The minimum atomic E-state index is -1.43. The molecule has 2 heterocycles. The zero-order chi connectivity index (χ0) is 48.2. The second-order valence-electron chi connectivity index (χ2n) is 21.2. The van der Waals surface area contributed by atoms with Crippen LogP contribution in [-0.4, -0.2) is 25.8 Å². The SMILES string of the molecule is CC(C)(c1ccccc1)c1cc(P(c2ccccc2)c2cc(C(C)(C)c3ccccc3)cc(C(C)(C)c3ccccc3)c2OC2CCCCO2)c(OC2CCCCO2)c(C(C)(C)c2ccccc2)c1. The van der Waals surface area contributed by atoms with Crippen LogP contribution < -0.4 is 25.4 Å². The molecule has 2 atom stereocenters. The van der Waals surface area contributed by atoms with Crippen molar-refractivity contribution in [2.45, 2.75) is 128 Å². The average molecular weight is 935 g/mol. The Labute approximate surface area is 414 Å². The first kappa shape index (κ1) is 48.5. The molecule has 0 spiro atoms. The lowest BCUT2D eigenvalue weighted by Crippen LogP contribution is -2.36. The smallest absolute Gasteiger partial charge is 0.199 e. The third-order valence-electron chi connectivity index (χ3n) is 15.2. The summed E-state index contributed by atoms with van der Waals surface area (Å²) < 4.78 is 28.3. The lowest BCUT2D eigenvalue weighted by molar-refractivity contribution is -0.106. The molecule has 9 rings (SSSR count). The second kappa shape index (κ2) is 20.4. The molecule has 2 saturated heterocycles. The van der Waals surface area contributed by atoms with Crippen molar-refractivity contribution in [3.63, 3.8) is 0 Å². The highest BCUT2D eigenvalue weighted by Crippen LogP contribution is 2.51. The van der Waals surface area contributed by atoms with Gasteiger partial charge in [-0.05, 0) is 84.4 Å². The van der Waals surface area contributed by atoms with Crippen LogP contribution in [-0.2, 0) is 31.1 Å². The maximum absolute atomic E-state index is 7.57. The lowest BCUT2D eigenvalue weighted by Gasteiger charge is -2.38. The van der Waals surface area contributed by atoms with E-state index in [1.165, 1.54) is 38.7 Å². The summed E-state index contributed by atoms with van der Waals surface area (Å²) in [6.45, 7) is 20.3. The Morgan fingerprint density at radius 3 is 1.01 bits per heavy atom. The Balaban J connectivity index is 1.44. The summed E-state index contributed by atoms with van der Waals surface area (Å²) >= 11 is 0. The molecule has 7 aromatic rings. The van der Waals surface area contributed by atoms with Crippen molar-refractivity contribution < 1.29 is 18.9 Å². The zero-order valence-corrected chi connectivity index (χ0v) is 43.0. The Morgan fingerprint density at radius 2 is 0.696 bits per heavy atom. The summed E-state index contributed by atoms with van der Waals surface area (Å²) in [5.74, 6) is 1.80. The maximum atomic E-state index is 7.57. The third kappa shape index (κ3) is 10.1. The van der Waals surface area contributed by atoms with Crippen molar-refractivity contribution >= 4 is 23.8 Å².